The van der Waals surface area contributed by atoms with Gasteiger partial charge in [-0.05, 0) is 30.5 Å². The third-order valence-corrected chi connectivity index (χ3v) is 2.99. The van der Waals surface area contributed by atoms with E-state index in [9.17, 15) is 15.0 Å². The van der Waals surface area contributed by atoms with Gasteiger partial charge in [-0.15, -0.1) is 0 Å². The molecule has 0 saturated carbocycles. The summed E-state index contributed by atoms with van der Waals surface area (Å²) in [6.07, 6.45) is -0.573. The average Bonchev–Trinajstić information content (AvgIpc) is 2.29. The molecule has 0 bridgehead atoms. The van der Waals surface area contributed by atoms with Crippen LogP contribution in [0.15, 0.2) is 18.2 Å². The van der Waals surface area contributed by atoms with E-state index in [2.05, 4.69) is 15.9 Å². The summed E-state index contributed by atoms with van der Waals surface area (Å²) in [7, 11) is 0. The van der Waals surface area contributed by atoms with Crippen LogP contribution < -0.4 is 0 Å². The molecule has 2 atom stereocenters. The molecule has 0 fully saturated rings. The summed E-state index contributed by atoms with van der Waals surface area (Å²) in [6.45, 7) is 1.84. The summed E-state index contributed by atoms with van der Waals surface area (Å²) >= 11 is 3.21. The van der Waals surface area contributed by atoms with Gasteiger partial charge in [-0.1, -0.05) is 28.1 Å². The molecule has 0 saturated heterocycles. The molecule has 0 spiro atoms. The number of aliphatic hydroxyl groups is 2. The first-order chi connectivity index (χ1) is 7.60. The van der Waals surface area contributed by atoms with Gasteiger partial charge in [0.1, 0.15) is 12.4 Å². The first-order valence-electron chi connectivity index (χ1n) is 5.08. The lowest BCUT2D eigenvalue weighted by Crippen LogP contribution is -2.19. The predicted octanol–water partition coefficient (Wildman–Crippen LogP) is 1.99. The molecule has 2 unspecified atom stereocenters. The van der Waals surface area contributed by atoms with Gasteiger partial charge < -0.3 is 10.2 Å². The molecule has 2 N–H and O–H groups in total. The zero-order chi connectivity index (χ0) is 12.1. The quantitative estimate of drug-likeness (QED) is 0.643. The minimum atomic E-state index is -0.947. The van der Waals surface area contributed by atoms with Crippen LogP contribution in [0, 0.1) is 6.92 Å². The molecule has 0 aliphatic heterocycles. The Morgan fingerprint density at radius 1 is 1.44 bits per heavy atom. The molecule has 0 radical (unpaired) electrons. The molecule has 4 heteroatoms. The minimum Gasteiger partial charge on any atom is -0.390 e. The largest absolute Gasteiger partial charge is 0.390 e. The van der Waals surface area contributed by atoms with Crippen LogP contribution in [0.25, 0.3) is 0 Å². The summed E-state index contributed by atoms with van der Waals surface area (Å²) in [5, 5.41) is 20.2. The average molecular weight is 287 g/mol. The van der Waals surface area contributed by atoms with Crippen molar-refractivity contribution in [2.45, 2.75) is 25.6 Å². The van der Waals surface area contributed by atoms with E-state index in [1.807, 2.05) is 6.92 Å². The molecule has 16 heavy (non-hydrogen) atoms. The highest BCUT2D eigenvalue weighted by molar-refractivity contribution is 9.09. The molecule has 1 rings (SSSR count). The van der Waals surface area contributed by atoms with Crippen molar-refractivity contribution in [3.8, 4) is 0 Å². The van der Waals surface area contributed by atoms with E-state index in [-0.39, 0.29) is 0 Å². The first kappa shape index (κ1) is 13.4. The van der Waals surface area contributed by atoms with Gasteiger partial charge >= 0.3 is 0 Å². The van der Waals surface area contributed by atoms with E-state index >= 15 is 0 Å². The van der Waals surface area contributed by atoms with E-state index in [4.69, 9.17) is 0 Å². The zero-order valence-electron chi connectivity index (χ0n) is 9.06. The van der Waals surface area contributed by atoms with Gasteiger partial charge in [-0.25, -0.2) is 0 Å². The highest BCUT2D eigenvalue weighted by Gasteiger charge is 2.19. The number of aldehydes is 1. The summed E-state index contributed by atoms with van der Waals surface area (Å²) in [5.74, 6) is 0. The fourth-order valence-corrected chi connectivity index (χ4v) is 2.00. The lowest BCUT2D eigenvalue weighted by Gasteiger charge is -2.19. The van der Waals surface area contributed by atoms with Gasteiger partial charge in [0, 0.05) is 10.9 Å². The molecule has 88 valence electrons. The predicted molar refractivity (Wildman–Crippen MR) is 65.9 cm³/mol. The summed E-state index contributed by atoms with van der Waals surface area (Å²) in [5.41, 5.74) is 1.98. The molecule has 1 aromatic rings. The molecule has 3 nitrogen and oxygen atoms in total. The molecular weight excluding hydrogens is 272 g/mol. The monoisotopic (exact) mass is 286 g/mol. The third-order valence-electron chi connectivity index (χ3n) is 2.53. The molecular formula is C12H15BrO3. The Morgan fingerprint density at radius 2 is 2.12 bits per heavy atom. The van der Waals surface area contributed by atoms with Crippen molar-refractivity contribution in [3.05, 3.63) is 34.9 Å². The Labute approximate surface area is 103 Å². The zero-order valence-corrected chi connectivity index (χ0v) is 10.6. The fourth-order valence-electron chi connectivity index (χ4n) is 1.53. The smallest absolute Gasteiger partial charge is 0.150 e. The second kappa shape index (κ2) is 6.13. The maximum Gasteiger partial charge on any atom is 0.150 e. The number of aryl methyl sites for hydroxylation is 1. The number of rotatable bonds is 5. The summed E-state index contributed by atoms with van der Waals surface area (Å²) < 4.78 is 0. The van der Waals surface area contributed by atoms with Gasteiger partial charge in [0.15, 0.2) is 0 Å². The normalized spacial score (nSPS) is 14.5. The van der Waals surface area contributed by atoms with Crippen molar-refractivity contribution in [3.63, 3.8) is 0 Å². The van der Waals surface area contributed by atoms with E-state index in [1.54, 1.807) is 18.2 Å². The SMILES string of the molecule is Cc1ccc(C=O)cc1C(O)C(O)CCBr. The minimum absolute atomic E-state index is 0.464. The van der Waals surface area contributed by atoms with Crippen LogP contribution >= 0.6 is 15.9 Å². The maximum absolute atomic E-state index is 10.6. The first-order valence-corrected chi connectivity index (χ1v) is 6.20. The number of carbonyl (C=O) groups is 1. The number of alkyl halides is 1. The molecule has 0 aliphatic carbocycles. The number of carbonyl (C=O) groups excluding carboxylic acids is 1. The van der Waals surface area contributed by atoms with Crippen LogP contribution in [-0.2, 0) is 0 Å². The van der Waals surface area contributed by atoms with Gasteiger partial charge in [0.25, 0.3) is 0 Å². The van der Waals surface area contributed by atoms with E-state index in [0.29, 0.717) is 22.9 Å². The van der Waals surface area contributed by atoms with Crippen LogP contribution in [-0.4, -0.2) is 27.9 Å². The number of benzene rings is 1. The van der Waals surface area contributed by atoms with Gasteiger partial charge in [-0.3, -0.25) is 4.79 Å². The van der Waals surface area contributed by atoms with Crippen molar-refractivity contribution < 1.29 is 15.0 Å². The fraction of sp³-hybridized carbons (Fsp3) is 0.417. The number of halogens is 1. The Morgan fingerprint density at radius 3 is 2.69 bits per heavy atom. The van der Waals surface area contributed by atoms with E-state index < -0.39 is 12.2 Å². The van der Waals surface area contributed by atoms with E-state index in [0.717, 1.165) is 11.8 Å². The van der Waals surface area contributed by atoms with E-state index in [1.165, 1.54) is 0 Å². The summed E-state index contributed by atoms with van der Waals surface area (Å²) in [6, 6.07) is 5.07. The molecule has 0 amide bonds. The number of aliphatic hydroxyl groups excluding tert-OH is 2. The molecule has 0 aromatic heterocycles. The van der Waals surface area contributed by atoms with Gasteiger partial charge in [-0.2, -0.15) is 0 Å². The van der Waals surface area contributed by atoms with Crippen molar-refractivity contribution in [2.24, 2.45) is 0 Å². The van der Waals surface area contributed by atoms with Crippen molar-refractivity contribution in [1.82, 2.24) is 0 Å². The van der Waals surface area contributed by atoms with Gasteiger partial charge in [0.05, 0.1) is 6.10 Å². The van der Waals surface area contributed by atoms with Crippen LogP contribution in [0.3, 0.4) is 0 Å². The highest BCUT2D eigenvalue weighted by atomic mass is 79.9. The second-order valence-corrected chi connectivity index (χ2v) is 4.52. The number of hydrogen-bond acceptors (Lipinski definition) is 3. The van der Waals surface area contributed by atoms with Crippen LogP contribution in [0.1, 0.15) is 34.0 Å². The van der Waals surface area contributed by atoms with Gasteiger partial charge in [0.2, 0.25) is 0 Å². The van der Waals surface area contributed by atoms with Crippen LogP contribution in [0.4, 0.5) is 0 Å². The Kier molecular flexibility index (Phi) is 5.12. The lowest BCUT2D eigenvalue weighted by molar-refractivity contribution is 0.0170. The topological polar surface area (TPSA) is 57.5 Å². The number of hydrogen-bond donors (Lipinski definition) is 2. The lowest BCUT2D eigenvalue weighted by atomic mass is 9.96. The van der Waals surface area contributed by atoms with Crippen LogP contribution in [0.2, 0.25) is 0 Å². The maximum atomic E-state index is 10.6. The Hall–Kier alpha value is -0.710. The van der Waals surface area contributed by atoms with Crippen LogP contribution in [0.5, 0.6) is 0 Å². The summed E-state index contributed by atoms with van der Waals surface area (Å²) in [4.78, 5) is 10.6. The Bertz CT molecular complexity index is 365. The Balaban J connectivity index is 2.97. The highest BCUT2D eigenvalue weighted by Crippen LogP contribution is 2.23. The van der Waals surface area contributed by atoms with Crippen molar-refractivity contribution in [1.29, 1.82) is 0 Å². The second-order valence-electron chi connectivity index (χ2n) is 3.72. The van der Waals surface area contributed by atoms with Crippen molar-refractivity contribution >= 4 is 22.2 Å². The molecule has 1 aromatic carbocycles. The third kappa shape index (κ3) is 3.14. The molecule has 0 heterocycles. The molecule has 0 aliphatic rings. The standard InChI is InChI=1S/C12H15BrO3/c1-8-2-3-9(7-14)6-10(8)12(16)11(15)4-5-13/h2-3,6-7,11-12,15-16H,4-5H2,1H3. The van der Waals surface area contributed by atoms with Crippen molar-refractivity contribution in [2.75, 3.05) is 5.33 Å².